The summed E-state index contributed by atoms with van der Waals surface area (Å²) < 4.78 is 4.29. The summed E-state index contributed by atoms with van der Waals surface area (Å²) in [6.07, 6.45) is 6.17. The van der Waals surface area contributed by atoms with Gasteiger partial charge < -0.3 is 11.1 Å². The van der Waals surface area contributed by atoms with Crippen LogP contribution in [0.2, 0.25) is 0 Å². The molecular weight excluding hydrogens is 256 g/mol. The van der Waals surface area contributed by atoms with Gasteiger partial charge in [0.15, 0.2) is 0 Å². The molecule has 1 aliphatic rings. The third-order valence-electron chi connectivity index (χ3n) is 3.72. The molecule has 100 valence electrons. The molecule has 3 N–H and O–H groups in total. The van der Waals surface area contributed by atoms with Crippen molar-refractivity contribution >= 4 is 22.4 Å². The summed E-state index contributed by atoms with van der Waals surface area (Å²) >= 11 is 1.44. The second kappa shape index (κ2) is 4.49. The topological polar surface area (TPSA) is 63.8 Å². The average molecular weight is 274 g/mol. The molecule has 0 aromatic carbocycles. The van der Waals surface area contributed by atoms with Crippen LogP contribution in [0.1, 0.15) is 26.7 Å². The van der Waals surface area contributed by atoms with Crippen molar-refractivity contribution in [1.82, 2.24) is 9.36 Å². The summed E-state index contributed by atoms with van der Waals surface area (Å²) in [4.78, 5) is 4.05. The number of nitrogens with zero attached hydrogens (tertiary/aromatic N) is 2. The lowest BCUT2D eigenvalue weighted by Crippen LogP contribution is -2.33. The van der Waals surface area contributed by atoms with Gasteiger partial charge in [-0.25, -0.2) is 0 Å². The van der Waals surface area contributed by atoms with E-state index < -0.39 is 0 Å². The van der Waals surface area contributed by atoms with E-state index in [1.54, 1.807) is 12.4 Å². The summed E-state index contributed by atoms with van der Waals surface area (Å²) in [6.45, 7) is 4.49. The van der Waals surface area contributed by atoms with E-state index in [4.69, 9.17) is 5.73 Å². The Morgan fingerprint density at radius 2 is 2.00 bits per heavy atom. The largest absolute Gasteiger partial charge is 0.382 e. The van der Waals surface area contributed by atoms with Crippen LogP contribution in [0.5, 0.6) is 0 Å². The molecule has 0 atom stereocenters. The molecule has 1 fully saturated rings. The van der Waals surface area contributed by atoms with Gasteiger partial charge in [-0.15, -0.1) is 0 Å². The molecule has 0 radical (unpaired) electrons. The monoisotopic (exact) mass is 274 g/mol. The summed E-state index contributed by atoms with van der Waals surface area (Å²) in [5.74, 6) is 1.34. The van der Waals surface area contributed by atoms with Gasteiger partial charge in [0.1, 0.15) is 10.8 Å². The zero-order valence-corrected chi connectivity index (χ0v) is 12.0. The SMILES string of the molecule is CC(C)(Nc1snc(N)c1-c1ccncc1)C1CC1. The molecule has 4 nitrogen and oxygen atoms in total. The number of anilines is 2. The lowest BCUT2D eigenvalue weighted by Gasteiger charge is -2.27. The first-order chi connectivity index (χ1) is 9.08. The molecule has 0 bridgehead atoms. The maximum absolute atomic E-state index is 6.02. The highest BCUT2D eigenvalue weighted by Gasteiger charge is 2.38. The number of aromatic nitrogens is 2. The van der Waals surface area contributed by atoms with E-state index in [0.29, 0.717) is 5.82 Å². The molecule has 0 unspecified atom stereocenters. The smallest absolute Gasteiger partial charge is 0.147 e. The van der Waals surface area contributed by atoms with Crippen molar-refractivity contribution < 1.29 is 0 Å². The van der Waals surface area contributed by atoms with Gasteiger partial charge in [0.05, 0.1) is 5.56 Å². The van der Waals surface area contributed by atoms with Crippen LogP contribution in [-0.2, 0) is 0 Å². The molecule has 0 aliphatic heterocycles. The van der Waals surface area contributed by atoms with Crippen LogP contribution in [-0.4, -0.2) is 14.9 Å². The normalized spacial score (nSPS) is 15.5. The van der Waals surface area contributed by atoms with Crippen LogP contribution in [0.25, 0.3) is 11.1 Å². The summed E-state index contributed by atoms with van der Waals surface area (Å²) in [7, 11) is 0. The van der Waals surface area contributed by atoms with E-state index in [-0.39, 0.29) is 5.54 Å². The first-order valence-corrected chi connectivity index (χ1v) is 7.29. The van der Waals surface area contributed by atoms with Gasteiger partial charge in [0, 0.05) is 17.9 Å². The fourth-order valence-electron chi connectivity index (χ4n) is 2.38. The van der Waals surface area contributed by atoms with E-state index in [2.05, 4.69) is 28.5 Å². The predicted molar refractivity (Wildman–Crippen MR) is 80.2 cm³/mol. The molecule has 3 rings (SSSR count). The van der Waals surface area contributed by atoms with Gasteiger partial charge in [-0.1, -0.05) is 0 Å². The van der Waals surface area contributed by atoms with Crippen LogP contribution in [0.4, 0.5) is 10.8 Å². The maximum Gasteiger partial charge on any atom is 0.147 e. The molecule has 2 heterocycles. The predicted octanol–water partition coefficient (Wildman–Crippen LogP) is 3.39. The van der Waals surface area contributed by atoms with E-state index in [1.165, 1.54) is 24.4 Å². The highest BCUT2D eigenvalue weighted by molar-refractivity contribution is 7.11. The molecule has 19 heavy (non-hydrogen) atoms. The first kappa shape index (κ1) is 12.4. The Labute approximate surface area is 117 Å². The average Bonchev–Trinajstić information content (AvgIpc) is 3.17. The van der Waals surface area contributed by atoms with Crippen molar-refractivity contribution in [2.75, 3.05) is 11.1 Å². The van der Waals surface area contributed by atoms with Gasteiger partial charge in [-0.2, -0.15) is 4.37 Å². The molecule has 1 saturated carbocycles. The standard InChI is InChI=1S/C14H18N4S/c1-14(2,10-3-4-10)17-13-11(12(15)18-19-13)9-5-7-16-8-6-9/h5-8,10,17H,3-4H2,1-2H3,(H2,15,18). The van der Waals surface area contributed by atoms with Crippen molar-refractivity contribution in [3.63, 3.8) is 0 Å². The van der Waals surface area contributed by atoms with Gasteiger partial charge in [-0.3, -0.25) is 4.98 Å². The van der Waals surface area contributed by atoms with Crippen LogP contribution in [0.15, 0.2) is 24.5 Å². The number of hydrogen-bond donors (Lipinski definition) is 2. The second-order valence-electron chi connectivity index (χ2n) is 5.63. The fourth-order valence-corrected chi connectivity index (χ4v) is 3.29. The highest BCUT2D eigenvalue weighted by atomic mass is 32.1. The quantitative estimate of drug-likeness (QED) is 0.897. The Morgan fingerprint density at radius 1 is 1.32 bits per heavy atom. The van der Waals surface area contributed by atoms with E-state index >= 15 is 0 Å². The Morgan fingerprint density at radius 3 is 2.63 bits per heavy atom. The molecule has 2 aromatic rings. The molecule has 0 spiro atoms. The molecule has 0 saturated heterocycles. The lowest BCUT2D eigenvalue weighted by atomic mass is 9.98. The number of nitrogen functional groups attached to an aromatic ring is 1. The third kappa shape index (κ3) is 2.42. The minimum absolute atomic E-state index is 0.0980. The Kier molecular flexibility index (Phi) is 2.93. The van der Waals surface area contributed by atoms with Gasteiger partial charge in [-0.05, 0) is 61.8 Å². The van der Waals surface area contributed by atoms with Crippen molar-refractivity contribution in [2.24, 2.45) is 5.92 Å². The zero-order chi connectivity index (χ0) is 13.5. The Bertz CT molecular complexity index is 572. The number of nitrogens with two attached hydrogens (primary N) is 1. The molecular formula is C14H18N4S. The Hall–Kier alpha value is -1.62. The summed E-state index contributed by atoms with van der Waals surface area (Å²) in [5, 5.41) is 4.68. The van der Waals surface area contributed by atoms with Crippen LogP contribution >= 0.6 is 11.5 Å². The van der Waals surface area contributed by atoms with E-state index in [9.17, 15) is 0 Å². The van der Waals surface area contributed by atoms with Crippen molar-refractivity contribution in [3.8, 4) is 11.1 Å². The molecule has 0 amide bonds. The second-order valence-corrected chi connectivity index (χ2v) is 6.40. The number of nitrogens with one attached hydrogen (secondary N) is 1. The zero-order valence-electron chi connectivity index (χ0n) is 11.2. The van der Waals surface area contributed by atoms with Crippen molar-refractivity contribution in [3.05, 3.63) is 24.5 Å². The maximum atomic E-state index is 6.02. The lowest BCUT2D eigenvalue weighted by molar-refractivity contribution is 0.496. The fraction of sp³-hybridized carbons (Fsp3) is 0.429. The highest BCUT2D eigenvalue weighted by Crippen LogP contribution is 2.44. The number of pyridine rings is 1. The summed E-state index contributed by atoms with van der Waals surface area (Å²) in [6, 6.07) is 3.94. The minimum atomic E-state index is 0.0980. The third-order valence-corrected chi connectivity index (χ3v) is 4.50. The Balaban J connectivity index is 1.95. The van der Waals surface area contributed by atoms with E-state index in [0.717, 1.165) is 22.0 Å². The molecule has 2 aromatic heterocycles. The van der Waals surface area contributed by atoms with Crippen LogP contribution < -0.4 is 11.1 Å². The number of rotatable bonds is 4. The van der Waals surface area contributed by atoms with Gasteiger partial charge in [0.2, 0.25) is 0 Å². The van der Waals surface area contributed by atoms with E-state index in [1.807, 2.05) is 12.1 Å². The molecule has 1 aliphatic carbocycles. The number of hydrogen-bond acceptors (Lipinski definition) is 5. The summed E-state index contributed by atoms with van der Waals surface area (Å²) in [5.41, 5.74) is 8.19. The first-order valence-electron chi connectivity index (χ1n) is 6.51. The minimum Gasteiger partial charge on any atom is -0.382 e. The van der Waals surface area contributed by atoms with Crippen LogP contribution in [0.3, 0.4) is 0 Å². The van der Waals surface area contributed by atoms with Crippen LogP contribution in [0, 0.1) is 5.92 Å². The van der Waals surface area contributed by atoms with Gasteiger partial charge >= 0.3 is 0 Å². The van der Waals surface area contributed by atoms with Crippen molar-refractivity contribution in [2.45, 2.75) is 32.2 Å². The molecule has 5 heteroatoms. The van der Waals surface area contributed by atoms with Gasteiger partial charge in [0.25, 0.3) is 0 Å². The van der Waals surface area contributed by atoms with Crippen molar-refractivity contribution in [1.29, 1.82) is 0 Å².